The van der Waals surface area contributed by atoms with Gasteiger partial charge in [0.1, 0.15) is 17.6 Å². The van der Waals surface area contributed by atoms with Gasteiger partial charge in [0.25, 0.3) is 5.69 Å². The Morgan fingerprint density at radius 1 is 1.29 bits per heavy atom. The van der Waals surface area contributed by atoms with Crippen LogP contribution < -0.4 is 15.4 Å². The molecule has 0 aromatic heterocycles. The van der Waals surface area contributed by atoms with Gasteiger partial charge in [-0.3, -0.25) is 10.1 Å². The minimum Gasteiger partial charge on any atom is -0.506 e. The van der Waals surface area contributed by atoms with Crippen LogP contribution in [0.3, 0.4) is 0 Å². The number of nitro benzene ring substituents is 1. The van der Waals surface area contributed by atoms with E-state index in [0.717, 1.165) is 12.1 Å². The van der Waals surface area contributed by atoms with Crippen LogP contribution in [-0.2, 0) is 0 Å². The first-order chi connectivity index (χ1) is 11.4. The molecule has 2 aromatic rings. The number of rotatable bonds is 4. The number of ether oxygens (including phenoxy) is 1. The summed E-state index contributed by atoms with van der Waals surface area (Å²) < 4.78 is 5.03. The van der Waals surface area contributed by atoms with Crippen LogP contribution in [0.1, 0.15) is 5.56 Å². The molecule has 0 aliphatic carbocycles. The Balaban J connectivity index is 2.11. The minimum absolute atomic E-state index is 0.0127. The van der Waals surface area contributed by atoms with E-state index in [1.807, 2.05) is 6.07 Å². The summed E-state index contributed by atoms with van der Waals surface area (Å²) in [5, 5.41) is 34.1. The molecule has 0 saturated carbocycles. The van der Waals surface area contributed by atoms with Crippen molar-refractivity contribution in [1.82, 2.24) is 0 Å². The van der Waals surface area contributed by atoms with Crippen LogP contribution in [0.15, 0.2) is 36.4 Å². The highest BCUT2D eigenvalue weighted by molar-refractivity contribution is 6.00. The molecule has 2 amide bonds. The molecule has 0 bridgehead atoms. The molecule has 0 aliphatic rings. The number of methoxy groups -OCH3 is 1. The summed E-state index contributed by atoms with van der Waals surface area (Å²) in [7, 11) is 1.40. The van der Waals surface area contributed by atoms with Crippen LogP contribution in [0.5, 0.6) is 11.5 Å². The number of anilines is 2. The van der Waals surface area contributed by atoms with Gasteiger partial charge in [-0.2, -0.15) is 5.26 Å². The number of nitriles is 1. The number of nitrogens with one attached hydrogen (secondary N) is 2. The zero-order valence-electron chi connectivity index (χ0n) is 12.4. The summed E-state index contributed by atoms with van der Waals surface area (Å²) in [6, 6.07) is 9.03. The Bertz CT molecular complexity index is 844. The smallest absolute Gasteiger partial charge is 0.323 e. The second kappa shape index (κ2) is 6.97. The lowest BCUT2D eigenvalue weighted by Gasteiger charge is -2.10. The van der Waals surface area contributed by atoms with Gasteiger partial charge in [-0.25, -0.2) is 4.79 Å². The third-order valence-corrected chi connectivity index (χ3v) is 3.02. The van der Waals surface area contributed by atoms with E-state index in [0.29, 0.717) is 17.0 Å². The highest BCUT2D eigenvalue weighted by Crippen LogP contribution is 2.28. The van der Waals surface area contributed by atoms with Gasteiger partial charge in [-0.05, 0) is 18.2 Å². The monoisotopic (exact) mass is 328 g/mol. The van der Waals surface area contributed by atoms with Crippen LogP contribution in [0.4, 0.5) is 21.9 Å². The number of nitrogens with zero attached hydrogens (tertiary/aromatic N) is 2. The van der Waals surface area contributed by atoms with Gasteiger partial charge in [-0.15, -0.1) is 0 Å². The fraction of sp³-hybridized carbons (Fsp3) is 0.0667. The van der Waals surface area contributed by atoms with E-state index < -0.39 is 16.7 Å². The van der Waals surface area contributed by atoms with Crippen molar-refractivity contribution in [3.8, 4) is 17.6 Å². The van der Waals surface area contributed by atoms with Crippen LogP contribution in [0, 0.1) is 21.4 Å². The molecule has 24 heavy (non-hydrogen) atoms. The van der Waals surface area contributed by atoms with Crippen LogP contribution in [0.2, 0.25) is 0 Å². The molecule has 2 rings (SSSR count). The first-order valence-electron chi connectivity index (χ1n) is 6.58. The number of amides is 2. The number of nitro groups is 1. The Morgan fingerprint density at radius 3 is 2.62 bits per heavy atom. The highest BCUT2D eigenvalue weighted by Gasteiger charge is 2.13. The zero-order valence-corrected chi connectivity index (χ0v) is 12.4. The minimum atomic E-state index is -0.675. The SMILES string of the molecule is COc1cc(NC(=O)Nc2ccc([N+](=O)[O-])cc2O)ccc1C#N. The van der Waals surface area contributed by atoms with E-state index in [4.69, 9.17) is 10.00 Å². The third-order valence-electron chi connectivity index (χ3n) is 3.02. The van der Waals surface area contributed by atoms with E-state index in [1.165, 1.54) is 31.4 Å². The average Bonchev–Trinajstić information content (AvgIpc) is 2.56. The van der Waals surface area contributed by atoms with Gasteiger partial charge < -0.3 is 20.5 Å². The summed E-state index contributed by atoms with van der Waals surface area (Å²) in [5.74, 6) is -0.134. The van der Waals surface area contributed by atoms with Gasteiger partial charge in [0.15, 0.2) is 0 Å². The predicted molar refractivity (Wildman–Crippen MR) is 85.1 cm³/mol. The Hall–Kier alpha value is -3.80. The third kappa shape index (κ3) is 3.69. The maximum absolute atomic E-state index is 11.9. The number of aromatic hydroxyl groups is 1. The number of phenolic OH excluding ortho intramolecular Hbond substituents is 1. The van der Waals surface area contributed by atoms with Gasteiger partial charge in [0, 0.05) is 17.8 Å². The standard InChI is InChI=1S/C15H12N4O5/c1-24-14-6-10(3-2-9(14)8-16)17-15(21)18-12-5-4-11(19(22)23)7-13(12)20/h2-7,20H,1H3,(H2,17,18,21). The molecule has 0 radical (unpaired) electrons. The summed E-state index contributed by atoms with van der Waals surface area (Å²) in [6.07, 6.45) is 0. The molecule has 3 N–H and O–H groups in total. The van der Waals surface area contributed by atoms with E-state index in [-0.39, 0.29) is 11.4 Å². The fourth-order valence-corrected chi connectivity index (χ4v) is 1.89. The number of phenols is 1. The summed E-state index contributed by atoms with van der Waals surface area (Å²) >= 11 is 0. The molecule has 9 heteroatoms. The molecule has 0 aliphatic heterocycles. The van der Waals surface area contributed by atoms with E-state index in [9.17, 15) is 20.0 Å². The topological polar surface area (TPSA) is 138 Å². The molecular weight excluding hydrogens is 316 g/mol. The second-order valence-electron chi connectivity index (χ2n) is 4.56. The largest absolute Gasteiger partial charge is 0.506 e. The number of carbonyl (C=O) groups excluding carboxylic acids is 1. The first kappa shape index (κ1) is 16.6. The zero-order chi connectivity index (χ0) is 17.7. The second-order valence-corrected chi connectivity index (χ2v) is 4.56. The van der Waals surface area contributed by atoms with Crippen molar-refractivity contribution in [1.29, 1.82) is 5.26 Å². The molecule has 0 unspecified atom stereocenters. The van der Waals surface area contributed by atoms with Crippen molar-refractivity contribution in [2.45, 2.75) is 0 Å². The lowest BCUT2D eigenvalue weighted by atomic mass is 10.2. The predicted octanol–water partition coefficient (Wildman–Crippen LogP) is 2.82. The number of urea groups is 1. The number of hydrogen-bond donors (Lipinski definition) is 3. The summed E-state index contributed by atoms with van der Waals surface area (Å²) in [6.45, 7) is 0. The first-order valence-corrected chi connectivity index (χ1v) is 6.58. The van der Waals surface area contributed by atoms with Crippen molar-refractivity contribution in [3.05, 3.63) is 52.1 Å². The molecule has 2 aromatic carbocycles. The quantitative estimate of drug-likeness (QED) is 0.448. The van der Waals surface area contributed by atoms with E-state index >= 15 is 0 Å². The molecular formula is C15H12N4O5. The summed E-state index contributed by atoms with van der Waals surface area (Å²) in [4.78, 5) is 21.9. The van der Waals surface area contributed by atoms with Crippen molar-refractivity contribution in [2.75, 3.05) is 17.7 Å². The maximum Gasteiger partial charge on any atom is 0.323 e. The van der Waals surface area contributed by atoms with Crippen LogP contribution in [0.25, 0.3) is 0 Å². The molecule has 0 spiro atoms. The number of benzene rings is 2. The van der Waals surface area contributed by atoms with Crippen molar-refractivity contribution in [3.63, 3.8) is 0 Å². The Labute approximate surface area is 136 Å². The molecule has 9 nitrogen and oxygen atoms in total. The Kier molecular flexibility index (Phi) is 4.81. The van der Waals surface area contributed by atoms with Gasteiger partial charge in [-0.1, -0.05) is 0 Å². The normalized spacial score (nSPS) is 9.67. The number of non-ortho nitro benzene ring substituents is 1. The number of carbonyl (C=O) groups is 1. The van der Waals surface area contributed by atoms with Crippen LogP contribution >= 0.6 is 0 Å². The highest BCUT2D eigenvalue weighted by atomic mass is 16.6. The fourth-order valence-electron chi connectivity index (χ4n) is 1.89. The van der Waals surface area contributed by atoms with Crippen molar-refractivity contribution < 1.29 is 19.6 Å². The van der Waals surface area contributed by atoms with Gasteiger partial charge in [0.05, 0.1) is 29.4 Å². The van der Waals surface area contributed by atoms with Gasteiger partial charge >= 0.3 is 6.03 Å². The van der Waals surface area contributed by atoms with E-state index in [1.54, 1.807) is 0 Å². The van der Waals surface area contributed by atoms with E-state index in [2.05, 4.69) is 10.6 Å². The van der Waals surface area contributed by atoms with Crippen molar-refractivity contribution in [2.24, 2.45) is 0 Å². The lowest BCUT2D eigenvalue weighted by molar-refractivity contribution is -0.384. The average molecular weight is 328 g/mol. The van der Waals surface area contributed by atoms with Crippen LogP contribution in [-0.4, -0.2) is 23.2 Å². The molecule has 0 heterocycles. The van der Waals surface area contributed by atoms with Crippen molar-refractivity contribution >= 4 is 23.1 Å². The Morgan fingerprint density at radius 2 is 2.04 bits per heavy atom. The molecule has 0 atom stereocenters. The molecule has 0 fully saturated rings. The molecule has 122 valence electrons. The summed E-state index contributed by atoms with van der Waals surface area (Å²) in [5.41, 5.74) is 0.398. The lowest BCUT2D eigenvalue weighted by Crippen LogP contribution is -2.19. The molecule has 0 saturated heterocycles. The van der Waals surface area contributed by atoms with Gasteiger partial charge in [0.2, 0.25) is 0 Å². The maximum atomic E-state index is 11.9. The number of hydrogen-bond acceptors (Lipinski definition) is 6.